The Bertz CT molecular complexity index is 686. The van der Waals surface area contributed by atoms with Gasteiger partial charge in [-0.2, -0.15) is 0 Å². The number of fused-ring (bicyclic) bond motifs is 1. The number of carbonyl (C=O) groups is 2. The standard InChI is InChI=1S/C17H17NO3/c19-16(20)10-15(18-17(21)12-8-9-12)14-7-3-5-11-4-1-2-6-13(11)14/h1-7,12,15H,8-10H2,(H,18,21)(H,19,20)/t15-/m1/s1. The number of nitrogens with one attached hydrogen (secondary N) is 1. The van der Waals surface area contributed by atoms with Crippen LogP contribution in [-0.4, -0.2) is 17.0 Å². The van der Waals surface area contributed by atoms with Crippen molar-refractivity contribution < 1.29 is 14.7 Å². The fraction of sp³-hybridized carbons (Fsp3) is 0.294. The van der Waals surface area contributed by atoms with Gasteiger partial charge in [0.05, 0.1) is 12.5 Å². The molecule has 108 valence electrons. The summed E-state index contributed by atoms with van der Waals surface area (Å²) in [6, 6.07) is 13.1. The van der Waals surface area contributed by atoms with Gasteiger partial charge in [-0.15, -0.1) is 0 Å². The van der Waals surface area contributed by atoms with Crippen LogP contribution in [0.15, 0.2) is 42.5 Å². The Kier molecular flexibility index (Phi) is 3.60. The molecule has 0 aliphatic heterocycles. The molecule has 0 radical (unpaired) electrons. The minimum Gasteiger partial charge on any atom is -0.481 e. The summed E-state index contributed by atoms with van der Waals surface area (Å²) >= 11 is 0. The van der Waals surface area contributed by atoms with Crippen LogP contribution in [-0.2, 0) is 9.59 Å². The van der Waals surface area contributed by atoms with Crippen molar-refractivity contribution in [2.75, 3.05) is 0 Å². The van der Waals surface area contributed by atoms with Gasteiger partial charge in [0, 0.05) is 5.92 Å². The van der Waals surface area contributed by atoms with Gasteiger partial charge in [-0.05, 0) is 29.2 Å². The number of hydrogen-bond donors (Lipinski definition) is 2. The minimum absolute atomic E-state index is 0.0332. The van der Waals surface area contributed by atoms with Crippen LogP contribution in [0.25, 0.3) is 10.8 Å². The molecule has 21 heavy (non-hydrogen) atoms. The summed E-state index contributed by atoms with van der Waals surface area (Å²) < 4.78 is 0. The molecule has 0 unspecified atom stereocenters. The quantitative estimate of drug-likeness (QED) is 0.886. The van der Waals surface area contributed by atoms with Gasteiger partial charge in [0.25, 0.3) is 0 Å². The summed E-state index contributed by atoms with van der Waals surface area (Å²) in [5, 5.41) is 14.1. The van der Waals surface area contributed by atoms with Crippen molar-refractivity contribution in [3.63, 3.8) is 0 Å². The maximum Gasteiger partial charge on any atom is 0.305 e. The highest BCUT2D eigenvalue weighted by Gasteiger charge is 2.32. The molecular formula is C17H17NO3. The molecule has 0 bridgehead atoms. The molecule has 1 fully saturated rings. The zero-order chi connectivity index (χ0) is 14.8. The molecule has 1 aliphatic rings. The monoisotopic (exact) mass is 283 g/mol. The van der Waals surface area contributed by atoms with E-state index in [1.54, 1.807) is 0 Å². The fourth-order valence-electron chi connectivity index (χ4n) is 2.60. The third-order valence-electron chi connectivity index (χ3n) is 3.84. The second-order valence-electron chi connectivity index (χ2n) is 5.50. The van der Waals surface area contributed by atoms with Gasteiger partial charge in [0.2, 0.25) is 5.91 Å². The van der Waals surface area contributed by atoms with Crippen LogP contribution in [0.3, 0.4) is 0 Å². The van der Waals surface area contributed by atoms with E-state index in [-0.39, 0.29) is 18.2 Å². The van der Waals surface area contributed by atoms with E-state index in [1.165, 1.54) is 0 Å². The van der Waals surface area contributed by atoms with E-state index >= 15 is 0 Å². The smallest absolute Gasteiger partial charge is 0.305 e. The molecule has 0 aromatic heterocycles. The molecule has 1 saturated carbocycles. The first kappa shape index (κ1) is 13.6. The van der Waals surface area contributed by atoms with Crippen LogP contribution in [0.5, 0.6) is 0 Å². The first-order chi connectivity index (χ1) is 10.1. The van der Waals surface area contributed by atoms with Crippen molar-refractivity contribution >= 4 is 22.6 Å². The van der Waals surface area contributed by atoms with E-state index < -0.39 is 12.0 Å². The Hall–Kier alpha value is -2.36. The van der Waals surface area contributed by atoms with E-state index in [0.717, 1.165) is 29.2 Å². The first-order valence-electron chi connectivity index (χ1n) is 7.15. The highest BCUT2D eigenvalue weighted by Crippen LogP contribution is 2.31. The number of aliphatic carboxylic acids is 1. The SMILES string of the molecule is O=C(O)C[C@@H](NC(=O)C1CC1)c1cccc2ccccc12. The summed E-state index contributed by atoms with van der Waals surface area (Å²) in [6.07, 6.45) is 1.70. The molecule has 3 rings (SSSR count). The number of carboxylic acid groups (broad SMARTS) is 1. The average Bonchev–Trinajstić information content (AvgIpc) is 3.30. The zero-order valence-electron chi connectivity index (χ0n) is 11.6. The Labute approximate surface area is 122 Å². The van der Waals surface area contributed by atoms with Crippen LogP contribution in [0, 0.1) is 5.92 Å². The van der Waals surface area contributed by atoms with E-state index in [1.807, 2.05) is 42.5 Å². The summed E-state index contributed by atoms with van der Waals surface area (Å²) in [4.78, 5) is 23.1. The number of amides is 1. The maximum atomic E-state index is 12.0. The van der Waals surface area contributed by atoms with Crippen molar-refractivity contribution in [2.24, 2.45) is 5.92 Å². The molecule has 0 spiro atoms. The lowest BCUT2D eigenvalue weighted by molar-refractivity contribution is -0.137. The Morgan fingerprint density at radius 1 is 1.14 bits per heavy atom. The Morgan fingerprint density at radius 3 is 2.57 bits per heavy atom. The van der Waals surface area contributed by atoms with Crippen molar-refractivity contribution in [2.45, 2.75) is 25.3 Å². The fourth-order valence-corrected chi connectivity index (χ4v) is 2.60. The van der Waals surface area contributed by atoms with Crippen LogP contribution < -0.4 is 5.32 Å². The average molecular weight is 283 g/mol. The Morgan fingerprint density at radius 2 is 1.86 bits per heavy atom. The Balaban J connectivity index is 1.96. The normalized spacial score (nSPS) is 15.6. The molecule has 0 heterocycles. The molecule has 1 aliphatic carbocycles. The number of carboxylic acids is 1. The van der Waals surface area contributed by atoms with Gasteiger partial charge < -0.3 is 10.4 Å². The number of hydrogen-bond acceptors (Lipinski definition) is 2. The van der Waals surface area contributed by atoms with Crippen molar-refractivity contribution in [1.29, 1.82) is 0 Å². The molecule has 4 nitrogen and oxygen atoms in total. The van der Waals surface area contributed by atoms with Crippen LogP contribution >= 0.6 is 0 Å². The summed E-state index contributed by atoms with van der Waals surface area (Å²) in [5.41, 5.74) is 0.865. The van der Waals surface area contributed by atoms with Crippen LogP contribution in [0.1, 0.15) is 30.9 Å². The lowest BCUT2D eigenvalue weighted by Crippen LogP contribution is -2.31. The third-order valence-corrected chi connectivity index (χ3v) is 3.84. The van der Waals surface area contributed by atoms with Crippen LogP contribution in [0.2, 0.25) is 0 Å². The van der Waals surface area contributed by atoms with Crippen molar-refractivity contribution in [3.8, 4) is 0 Å². The highest BCUT2D eigenvalue weighted by atomic mass is 16.4. The van der Waals surface area contributed by atoms with Gasteiger partial charge in [-0.25, -0.2) is 0 Å². The minimum atomic E-state index is -0.913. The topological polar surface area (TPSA) is 66.4 Å². The molecule has 2 aromatic carbocycles. The number of carbonyl (C=O) groups excluding carboxylic acids is 1. The molecule has 2 aromatic rings. The molecular weight excluding hydrogens is 266 g/mol. The van der Waals surface area contributed by atoms with Gasteiger partial charge in [0.15, 0.2) is 0 Å². The molecule has 0 saturated heterocycles. The van der Waals surface area contributed by atoms with Gasteiger partial charge in [-0.1, -0.05) is 42.5 Å². The summed E-state index contributed by atoms with van der Waals surface area (Å²) in [6.45, 7) is 0. The second-order valence-corrected chi connectivity index (χ2v) is 5.50. The van der Waals surface area contributed by atoms with Crippen LogP contribution in [0.4, 0.5) is 0 Å². The molecule has 2 N–H and O–H groups in total. The highest BCUT2D eigenvalue weighted by molar-refractivity contribution is 5.88. The molecule has 4 heteroatoms. The number of benzene rings is 2. The number of rotatable bonds is 5. The molecule has 1 atom stereocenters. The summed E-state index contributed by atoms with van der Waals surface area (Å²) in [5.74, 6) is -0.880. The van der Waals surface area contributed by atoms with E-state index in [0.29, 0.717) is 0 Å². The first-order valence-corrected chi connectivity index (χ1v) is 7.15. The predicted molar refractivity (Wildman–Crippen MR) is 79.8 cm³/mol. The lowest BCUT2D eigenvalue weighted by Gasteiger charge is -2.19. The summed E-state index contributed by atoms with van der Waals surface area (Å²) in [7, 11) is 0. The van der Waals surface area contributed by atoms with E-state index in [9.17, 15) is 9.59 Å². The predicted octanol–water partition coefficient (Wildman–Crippen LogP) is 2.88. The second kappa shape index (κ2) is 5.56. The van der Waals surface area contributed by atoms with E-state index in [2.05, 4.69) is 5.32 Å². The molecule has 1 amide bonds. The maximum absolute atomic E-state index is 12.0. The van der Waals surface area contributed by atoms with Gasteiger partial charge >= 0.3 is 5.97 Å². The lowest BCUT2D eigenvalue weighted by atomic mass is 9.96. The van der Waals surface area contributed by atoms with Gasteiger partial charge in [-0.3, -0.25) is 9.59 Å². The third kappa shape index (κ3) is 3.05. The van der Waals surface area contributed by atoms with E-state index in [4.69, 9.17) is 5.11 Å². The van der Waals surface area contributed by atoms with Crippen molar-refractivity contribution in [3.05, 3.63) is 48.0 Å². The largest absolute Gasteiger partial charge is 0.481 e. The zero-order valence-corrected chi connectivity index (χ0v) is 11.6. The van der Waals surface area contributed by atoms with Crippen molar-refractivity contribution in [1.82, 2.24) is 5.32 Å². The van der Waals surface area contributed by atoms with Gasteiger partial charge in [0.1, 0.15) is 0 Å².